The van der Waals surface area contributed by atoms with Gasteiger partial charge in [-0.3, -0.25) is 0 Å². The lowest BCUT2D eigenvalue weighted by Crippen LogP contribution is -2.22. The van der Waals surface area contributed by atoms with Crippen LogP contribution >= 0.6 is 15.9 Å². The fourth-order valence-corrected chi connectivity index (χ4v) is 5.00. The Morgan fingerprint density at radius 3 is 2.59 bits per heavy atom. The summed E-state index contributed by atoms with van der Waals surface area (Å²) < 4.78 is 25.7. The Labute approximate surface area is 207 Å². The van der Waals surface area contributed by atoms with E-state index in [1.54, 1.807) is 12.3 Å². The van der Waals surface area contributed by atoms with Crippen LogP contribution in [0.4, 0.5) is 4.39 Å². The SMILES string of the molecule is C1=CCOC=C1.Fc1cc(Br)ccc1COC1CCc2c(ccc3c2ccc2ccccc23)C1. The molecule has 6 rings (SSSR count). The number of halogens is 2. The number of ether oxygens (including phenoxy) is 2. The zero-order valence-corrected chi connectivity index (χ0v) is 20.4. The average molecular weight is 517 g/mol. The molecular formula is C30H26BrFO2. The Hall–Kier alpha value is -2.95. The molecule has 0 aromatic heterocycles. The second kappa shape index (κ2) is 10.5. The van der Waals surface area contributed by atoms with Gasteiger partial charge in [0.25, 0.3) is 0 Å². The molecule has 0 radical (unpaired) electrons. The minimum absolute atomic E-state index is 0.133. The number of rotatable bonds is 3. The predicted octanol–water partition coefficient (Wildman–Crippen LogP) is 8.06. The number of fused-ring (bicyclic) bond motifs is 5. The van der Waals surface area contributed by atoms with Gasteiger partial charge in [-0.15, -0.1) is 0 Å². The topological polar surface area (TPSA) is 18.5 Å². The van der Waals surface area contributed by atoms with Crippen LogP contribution in [0.2, 0.25) is 0 Å². The van der Waals surface area contributed by atoms with E-state index in [0.29, 0.717) is 12.2 Å². The molecule has 1 unspecified atom stereocenters. The third kappa shape index (κ3) is 5.08. The van der Waals surface area contributed by atoms with Gasteiger partial charge in [0.15, 0.2) is 0 Å². The number of aryl methyl sites for hydroxylation is 1. The zero-order chi connectivity index (χ0) is 23.3. The van der Waals surface area contributed by atoms with Gasteiger partial charge in [-0.25, -0.2) is 4.39 Å². The third-order valence-electron chi connectivity index (χ3n) is 6.40. The van der Waals surface area contributed by atoms with Crippen molar-refractivity contribution in [3.05, 3.63) is 118 Å². The maximum Gasteiger partial charge on any atom is 0.129 e. The lowest BCUT2D eigenvalue weighted by Gasteiger charge is -2.26. The van der Waals surface area contributed by atoms with Gasteiger partial charge >= 0.3 is 0 Å². The van der Waals surface area contributed by atoms with Crippen LogP contribution in [0.25, 0.3) is 21.5 Å². The van der Waals surface area contributed by atoms with E-state index in [9.17, 15) is 4.39 Å². The van der Waals surface area contributed by atoms with Crippen LogP contribution in [0.3, 0.4) is 0 Å². The first-order chi connectivity index (χ1) is 16.7. The van der Waals surface area contributed by atoms with E-state index in [2.05, 4.69) is 64.5 Å². The monoisotopic (exact) mass is 516 g/mol. The molecule has 1 aliphatic heterocycles. The average Bonchev–Trinajstić information content (AvgIpc) is 2.89. The van der Waals surface area contributed by atoms with E-state index < -0.39 is 0 Å². The van der Waals surface area contributed by atoms with Gasteiger partial charge in [0, 0.05) is 10.0 Å². The highest BCUT2D eigenvalue weighted by molar-refractivity contribution is 9.10. The van der Waals surface area contributed by atoms with Gasteiger partial charge in [-0.05, 0) is 76.2 Å². The molecule has 1 aliphatic carbocycles. The lowest BCUT2D eigenvalue weighted by atomic mass is 9.85. The summed E-state index contributed by atoms with van der Waals surface area (Å²) in [7, 11) is 0. The van der Waals surface area contributed by atoms with E-state index in [1.165, 1.54) is 38.7 Å². The van der Waals surface area contributed by atoms with Crippen molar-refractivity contribution in [3.63, 3.8) is 0 Å². The second-order valence-corrected chi connectivity index (χ2v) is 9.50. The Morgan fingerprint density at radius 1 is 0.941 bits per heavy atom. The van der Waals surface area contributed by atoms with E-state index >= 15 is 0 Å². The van der Waals surface area contributed by atoms with Crippen LogP contribution in [0.15, 0.2) is 95.7 Å². The molecule has 4 aromatic carbocycles. The number of hydrogen-bond donors (Lipinski definition) is 0. The molecular weight excluding hydrogens is 491 g/mol. The molecule has 0 N–H and O–H groups in total. The normalized spacial score (nSPS) is 16.6. The van der Waals surface area contributed by atoms with Crippen LogP contribution in [0, 0.1) is 5.82 Å². The Bertz CT molecular complexity index is 1360. The molecule has 4 heteroatoms. The smallest absolute Gasteiger partial charge is 0.129 e. The van der Waals surface area contributed by atoms with Crippen molar-refractivity contribution < 1.29 is 13.9 Å². The fraction of sp³-hybridized carbons (Fsp3) is 0.200. The summed E-state index contributed by atoms with van der Waals surface area (Å²) in [6, 6.07) is 22.7. The first-order valence-electron chi connectivity index (χ1n) is 11.6. The molecule has 1 atom stereocenters. The van der Waals surface area contributed by atoms with Crippen LogP contribution in [0.1, 0.15) is 23.1 Å². The van der Waals surface area contributed by atoms with Crippen molar-refractivity contribution in [1.29, 1.82) is 0 Å². The molecule has 0 fully saturated rings. The standard InChI is InChI=1S/C25H20BrFO.C5H6O/c26-19-8-5-18(25(27)14-19)15-28-20-9-12-22-17(13-20)7-11-23-21-4-2-1-3-16(21)6-10-24(22)23;1-2-4-6-5-3-1/h1-8,10-11,14,20H,9,12-13,15H2;1-4H,5H2. The number of allylic oxidation sites excluding steroid dienone is 2. The first kappa shape index (κ1) is 22.8. The summed E-state index contributed by atoms with van der Waals surface area (Å²) in [5.74, 6) is -0.219. The molecule has 2 nitrogen and oxygen atoms in total. The zero-order valence-electron chi connectivity index (χ0n) is 18.8. The van der Waals surface area contributed by atoms with E-state index in [-0.39, 0.29) is 11.9 Å². The summed E-state index contributed by atoms with van der Waals surface area (Å²) in [6.45, 7) is 1.05. The summed E-state index contributed by atoms with van der Waals surface area (Å²) in [4.78, 5) is 0. The highest BCUT2D eigenvalue weighted by Gasteiger charge is 2.21. The molecule has 0 amide bonds. The van der Waals surface area contributed by atoms with Gasteiger partial charge < -0.3 is 9.47 Å². The molecule has 0 saturated heterocycles. The van der Waals surface area contributed by atoms with Gasteiger partial charge in [0.1, 0.15) is 12.4 Å². The molecule has 34 heavy (non-hydrogen) atoms. The van der Waals surface area contributed by atoms with Crippen LogP contribution in [-0.2, 0) is 28.9 Å². The lowest BCUT2D eigenvalue weighted by molar-refractivity contribution is 0.0306. The second-order valence-electron chi connectivity index (χ2n) is 8.59. The molecule has 2 aliphatic rings. The van der Waals surface area contributed by atoms with Crippen molar-refractivity contribution in [2.75, 3.05) is 6.61 Å². The van der Waals surface area contributed by atoms with E-state index in [4.69, 9.17) is 9.47 Å². The summed E-state index contributed by atoms with van der Waals surface area (Å²) >= 11 is 3.30. The number of benzene rings is 4. The third-order valence-corrected chi connectivity index (χ3v) is 6.90. The Kier molecular flexibility index (Phi) is 7.08. The maximum absolute atomic E-state index is 14.0. The van der Waals surface area contributed by atoms with Crippen LogP contribution in [-0.4, -0.2) is 12.7 Å². The minimum atomic E-state index is -0.219. The molecule has 0 spiro atoms. The van der Waals surface area contributed by atoms with Gasteiger partial charge in [0.05, 0.1) is 19.0 Å². The predicted molar refractivity (Wildman–Crippen MR) is 140 cm³/mol. The quantitative estimate of drug-likeness (QED) is 0.256. The minimum Gasteiger partial charge on any atom is -0.497 e. The molecule has 0 bridgehead atoms. The van der Waals surface area contributed by atoms with Crippen molar-refractivity contribution in [1.82, 2.24) is 0 Å². The van der Waals surface area contributed by atoms with Gasteiger partial charge in [0.2, 0.25) is 0 Å². The van der Waals surface area contributed by atoms with Gasteiger partial charge in [-0.2, -0.15) is 0 Å². The maximum atomic E-state index is 14.0. The van der Waals surface area contributed by atoms with Crippen molar-refractivity contribution in [3.8, 4) is 0 Å². The van der Waals surface area contributed by atoms with Crippen LogP contribution in [0.5, 0.6) is 0 Å². The van der Waals surface area contributed by atoms with Crippen molar-refractivity contribution >= 4 is 37.5 Å². The Balaban J connectivity index is 0.000000351. The summed E-state index contributed by atoms with van der Waals surface area (Å²) in [5, 5.41) is 5.28. The molecule has 0 saturated carbocycles. The molecule has 1 heterocycles. The molecule has 172 valence electrons. The largest absolute Gasteiger partial charge is 0.497 e. The van der Waals surface area contributed by atoms with Crippen molar-refractivity contribution in [2.45, 2.75) is 32.0 Å². The Morgan fingerprint density at radius 2 is 1.82 bits per heavy atom. The van der Waals surface area contributed by atoms with Crippen LogP contribution < -0.4 is 0 Å². The summed E-state index contributed by atoms with van der Waals surface area (Å²) in [6.07, 6.45) is 10.5. The molecule has 4 aromatic rings. The van der Waals surface area contributed by atoms with E-state index in [0.717, 1.165) is 30.3 Å². The summed E-state index contributed by atoms with van der Waals surface area (Å²) in [5.41, 5.74) is 3.41. The number of hydrogen-bond acceptors (Lipinski definition) is 2. The highest BCUT2D eigenvalue weighted by atomic mass is 79.9. The van der Waals surface area contributed by atoms with E-state index in [1.807, 2.05) is 24.3 Å². The highest BCUT2D eigenvalue weighted by Crippen LogP contribution is 2.34. The fourth-order valence-electron chi connectivity index (χ4n) is 4.67. The first-order valence-corrected chi connectivity index (χ1v) is 12.4. The van der Waals surface area contributed by atoms with Crippen molar-refractivity contribution in [2.24, 2.45) is 0 Å². The van der Waals surface area contributed by atoms with Gasteiger partial charge in [-0.1, -0.05) is 76.6 Å².